The number of hydrogen-bond donors (Lipinski definition) is 2. The van der Waals surface area contributed by atoms with Gasteiger partial charge in [-0.1, -0.05) is 18.2 Å². The molecule has 0 saturated carbocycles. The number of aliphatic hydroxyl groups is 1. The summed E-state index contributed by atoms with van der Waals surface area (Å²) in [7, 11) is -5.18. The molecule has 2 fully saturated rings. The minimum Gasteiger partial charge on any atom is -0.491 e. The van der Waals surface area contributed by atoms with Crippen molar-refractivity contribution < 1.29 is 31.4 Å². The maximum absolute atomic E-state index is 13.4. The van der Waals surface area contributed by atoms with Crippen LogP contribution in [0.25, 0.3) is 11.1 Å². The number of nitrogens with zero attached hydrogens (tertiary/aromatic N) is 3. The molecular formula is C28H36N4O7S2. The molecule has 2 atom stereocenters. The van der Waals surface area contributed by atoms with Gasteiger partial charge in [0.15, 0.2) is 9.84 Å². The SMILES string of the molecule is Cn1cc(-c2cccc(S(=O)(=O)N3CCC4(CC3)CC(NC[C@H](O)COc3cccc(S(C)(=O)=O)c3)CO4)c2)cn1. The third-order valence-electron chi connectivity index (χ3n) is 7.67. The molecule has 11 nitrogen and oxygen atoms in total. The maximum Gasteiger partial charge on any atom is 0.243 e. The number of sulfone groups is 1. The highest BCUT2D eigenvalue weighted by Crippen LogP contribution is 2.37. The molecule has 5 rings (SSSR count). The van der Waals surface area contributed by atoms with E-state index in [0.29, 0.717) is 38.3 Å². The van der Waals surface area contributed by atoms with Crippen LogP contribution in [0.1, 0.15) is 19.3 Å². The lowest BCUT2D eigenvalue weighted by Crippen LogP contribution is -2.47. The van der Waals surface area contributed by atoms with Crippen molar-refractivity contribution in [2.45, 2.75) is 46.8 Å². The first kappa shape index (κ1) is 29.7. The summed E-state index contributed by atoms with van der Waals surface area (Å²) >= 11 is 0. The quantitative estimate of drug-likeness (QED) is 0.355. The zero-order valence-corrected chi connectivity index (χ0v) is 24.8. The number of benzene rings is 2. The average molecular weight is 605 g/mol. The van der Waals surface area contributed by atoms with Gasteiger partial charge in [-0.15, -0.1) is 0 Å². The average Bonchev–Trinajstić information content (AvgIpc) is 3.57. The van der Waals surface area contributed by atoms with Crippen LogP contribution in [-0.2, 0) is 31.6 Å². The lowest BCUT2D eigenvalue weighted by Gasteiger charge is -2.38. The van der Waals surface area contributed by atoms with Crippen LogP contribution in [0.15, 0.2) is 70.7 Å². The second-order valence-corrected chi connectivity index (χ2v) is 14.8. The van der Waals surface area contributed by atoms with Crippen LogP contribution >= 0.6 is 0 Å². The highest BCUT2D eigenvalue weighted by Gasteiger charge is 2.44. The topological polar surface area (TPSA) is 140 Å². The smallest absolute Gasteiger partial charge is 0.243 e. The van der Waals surface area contributed by atoms with Crippen LogP contribution in [0.5, 0.6) is 5.75 Å². The van der Waals surface area contributed by atoms with E-state index < -0.39 is 31.6 Å². The highest BCUT2D eigenvalue weighted by atomic mass is 32.2. The Hall–Kier alpha value is -2.81. The van der Waals surface area contributed by atoms with Gasteiger partial charge in [0.05, 0.1) is 28.2 Å². The summed E-state index contributed by atoms with van der Waals surface area (Å²) in [6, 6.07) is 13.2. The maximum atomic E-state index is 13.4. The molecule has 1 unspecified atom stereocenters. The van der Waals surface area contributed by atoms with Gasteiger partial charge in [-0.2, -0.15) is 9.40 Å². The highest BCUT2D eigenvalue weighted by molar-refractivity contribution is 7.90. The Balaban J connectivity index is 1.10. The fraction of sp³-hybridized carbons (Fsp3) is 0.464. The van der Waals surface area contributed by atoms with E-state index in [9.17, 15) is 21.9 Å². The normalized spacial score (nSPS) is 20.3. The Morgan fingerprint density at radius 1 is 1.10 bits per heavy atom. The van der Waals surface area contributed by atoms with E-state index in [4.69, 9.17) is 9.47 Å². The molecule has 0 radical (unpaired) electrons. The molecule has 41 heavy (non-hydrogen) atoms. The number of aromatic nitrogens is 2. The number of rotatable bonds is 10. The number of hydrogen-bond acceptors (Lipinski definition) is 9. The summed E-state index contributed by atoms with van der Waals surface area (Å²) in [5.41, 5.74) is 1.27. The molecule has 1 spiro atoms. The fourth-order valence-corrected chi connectivity index (χ4v) is 7.51. The summed E-state index contributed by atoms with van der Waals surface area (Å²) in [5.74, 6) is 0.376. The molecule has 2 aliphatic rings. The Kier molecular flexibility index (Phi) is 8.56. The van der Waals surface area contributed by atoms with Gasteiger partial charge in [-0.3, -0.25) is 4.68 Å². The summed E-state index contributed by atoms with van der Waals surface area (Å²) in [6.07, 6.45) is 5.80. The number of ether oxygens (including phenoxy) is 2. The Bertz CT molecular complexity index is 1580. The number of aryl methyl sites for hydroxylation is 1. The van der Waals surface area contributed by atoms with Crippen molar-refractivity contribution in [1.82, 2.24) is 19.4 Å². The molecular weight excluding hydrogens is 568 g/mol. The van der Waals surface area contributed by atoms with E-state index in [1.807, 2.05) is 19.3 Å². The standard InChI is InChI=1S/C28H36N4O7S2/c1-31-18-22(16-30-31)21-5-3-8-27(13-21)41(36,37)32-11-9-28(10-12-32)15-23(19-39-28)29-17-24(33)20-38-25-6-4-7-26(14-25)40(2,34)35/h3-8,13-14,16,18,23-24,29,33H,9-12,15,17,19-20H2,1-2H3/t23?,24-/m0/s1. The van der Waals surface area contributed by atoms with Crippen molar-refractivity contribution in [2.75, 3.05) is 39.1 Å². The molecule has 2 saturated heterocycles. The molecule has 0 amide bonds. The summed E-state index contributed by atoms with van der Waals surface area (Å²) in [4.78, 5) is 0.425. The van der Waals surface area contributed by atoms with Gasteiger partial charge in [-0.05, 0) is 55.2 Å². The number of nitrogens with one attached hydrogen (secondary N) is 1. The van der Waals surface area contributed by atoms with Crippen molar-refractivity contribution in [3.8, 4) is 16.9 Å². The lowest BCUT2D eigenvalue weighted by atomic mass is 9.88. The van der Waals surface area contributed by atoms with Crippen LogP contribution in [0.2, 0.25) is 0 Å². The minimum absolute atomic E-state index is 0.00768. The Morgan fingerprint density at radius 3 is 2.54 bits per heavy atom. The molecule has 0 bridgehead atoms. The van der Waals surface area contributed by atoms with Crippen molar-refractivity contribution in [1.29, 1.82) is 0 Å². The van der Waals surface area contributed by atoms with Crippen LogP contribution in [0.3, 0.4) is 0 Å². The fourth-order valence-electron chi connectivity index (χ4n) is 5.36. The largest absolute Gasteiger partial charge is 0.491 e. The predicted octanol–water partition coefficient (Wildman–Crippen LogP) is 1.83. The van der Waals surface area contributed by atoms with E-state index in [-0.39, 0.29) is 29.0 Å². The van der Waals surface area contributed by atoms with Crippen LogP contribution in [0.4, 0.5) is 0 Å². The van der Waals surface area contributed by atoms with Gasteiger partial charge in [0.25, 0.3) is 0 Å². The lowest BCUT2D eigenvalue weighted by molar-refractivity contribution is -0.0312. The molecule has 222 valence electrons. The van der Waals surface area contributed by atoms with E-state index in [2.05, 4.69) is 10.4 Å². The first-order chi connectivity index (χ1) is 19.4. The molecule has 3 heterocycles. The third-order valence-corrected chi connectivity index (χ3v) is 10.7. The van der Waals surface area contributed by atoms with Gasteiger partial charge < -0.3 is 19.9 Å². The predicted molar refractivity (Wildman–Crippen MR) is 153 cm³/mol. The van der Waals surface area contributed by atoms with Gasteiger partial charge in [0.2, 0.25) is 10.0 Å². The Labute approximate surface area is 241 Å². The third kappa shape index (κ3) is 6.99. The molecule has 13 heteroatoms. The number of piperidine rings is 1. The van der Waals surface area contributed by atoms with E-state index in [1.165, 1.54) is 16.4 Å². The zero-order chi connectivity index (χ0) is 29.3. The van der Waals surface area contributed by atoms with Gasteiger partial charge in [0, 0.05) is 50.7 Å². The van der Waals surface area contributed by atoms with E-state index >= 15 is 0 Å². The number of sulfonamides is 1. The van der Waals surface area contributed by atoms with Gasteiger partial charge in [-0.25, -0.2) is 16.8 Å². The van der Waals surface area contributed by atoms with Crippen LogP contribution < -0.4 is 10.1 Å². The van der Waals surface area contributed by atoms with Gasteiger partial charge >= 0.3 is 0 Å². The molecule has 2 aromatic carbocycles. The van der Waals surface area contributed by atoms with Crippen LogP contribution in [-0.4, -0.2) is 92.9 Å². The first-order valence-corrected chi connectivity index (χ1v) is 16.8. The molecule has 2 aliphatic heterocycles. The summed E-state index contributed by atoms with van der Waals surface area (Å²) < 4.78 is 65.3. The van der Waals surface area contributed by atoms with Crippen molar-refractivity contribution in [2.24, 2.45) is 7.05 Å². The molecule has 3 aromatic rings. The Morgan fingerprint density at radius 2 is 1.83 bits per heavy atom. The molecule has 2 N–H and O–H groups in total. The second-order valence-electron chi connectivity index (χ2n) is 10.8. The second kappa shape index (κ2) is 11.8. The molecule has 1 aromatic heterocycles. The zero-order valence-electron chi connectivity index (χ0n) is 23.1. The van der Waals surface area contributed by atoms with E-state index in [1.54, 1.807) is 41.2 Å². The van der Waals surface area contributed by atoms with Crippen molar-refractivity contribution in [3.05, 3.63) is 60.9 Å². The van der Waals surface area contributed by atoms with E-state index in [0.717, 1.165) is 23.8 Å². The minimum atomic E-state index is -3.65. The molecule has 0 aliphatic carbocycles. The monoisotopic (exact) mass is 604 g/mol. The number of aliphatic hydroxyl groups excluding tert-OH is 1. The summed E-state index contributed by atoms with van der Waals surface area (Å²) in [6.45, 7) is 1.51. The van der Waals surface area contributed by atoms with Crippen molar-refractivity contribution in [3.63, 3.8) is 0 Å². The van der Waals surface area contributed by atoms with Crippen LogP contribution in [0, 0.1) is 0 Å². The summed E-state index contributed by atoms with van der Waals surface area (Å²) in [5, 5.41) is 17.9. The van der Waals surface area contributed by atoms with Gasteiger partial charge in [0.1, 0.15) is 18.5 Å². The van der Waals surface area contributed by atoms with Crippen molar-refractivity contribution >= 4 is 19.9 Å². The first-order valence-electron chi connectivity index (χ1n) is 13.5.